The Morgan fingerprint density at radius 2 is 1.83 bits per heavy atom. The van der Waals surface area contributed by atoms with Gasteiger partial charge in [0.15, 0.2) is 0 Å². The second-order valence-electron chi connectivity index (χ2n) is 5.12. The average Bonchev–Trinajstić information content (AvgIpc) is 2.58. The van der Waals surface area contributed by atoms with Gasteiger partial charge in [-0.2, -0.15) is 0 Å². The summed E-state index contributed by atoms with van der Waals surface area (Å²) in [6, 6.07) is 17.3. The summed E-state index contributed by atoms with van der Waals surface area (Å²) in [6.07, 6.45) is 3.38. The fourth-order valence-corrected chi connectivity index (χ4v) is 2.25. The number of nitrogens with zero attached hydrogens (tertiary/aromatic N) is 1. The van der Waals surface area contributed by atoms with E-state index in [0.717, 1.165) is 11.1 Å². The Bertz CT molecular complexity index is 638. The normalized spacial score (nSPS) is 10.9. The predicted octanol–water partition coefficient (Wildman–Crippen LogP) is 4.03. The largest absolute Gasteiger partial charge is 0.383 e. The first-order valence-corrected chi connectivity index (χ1v) is 7.82. The molecular weight excluding hydrogens is 310 g/mol. The second-order valence-corrected chi connectivity index (χ2v) is 5.56. The Morgan fingerprint density at radius 3 is 2.48 bits per heavy atom. The van der Waals surface area contributed by atoms with Crippen LogP contribution in [0.3, 0.4) is 0 Å². The minimum atomic E-state index is -0.0409. The number of ether oxygens (including phenoxy) is 1. The molecule has 0 bridgehead atoms. The van der Waals surface area contributed by atoms with Gasteiger partial charge in [0.05, 0.1) is 6.61 Å². The van der Waals surface area contributed by atoms with Crippen LogP contribution in [0.1, 0.15) is 11.1 Å². The molecule has 2 aromatic rings. The van der Waals surface area contributed by atoms with Crippen LogP contribution < -0.4 is 0 Å². The summed E-state index contributed by atoms with van der Waals surface area (Å²) in [4.78, 5) is 14.2. The number of rotatable bonds is 7. The van der Waals surface area contributed by atoms with Gasteiger partial charge in [-0.25, -0.2) is 0 Å². The Morgan fingerprint density at radius 1 is 1.13 bits per heavy atom. The van der Waals surface area contributed by atoms with Crippen molar-refractivity contribution >= 4 is 23.6 Å². The number of carbonyl (C=O) groups is 1. The van der Waals surface area contributed by atoms with E-state index in [-0.39, 0.29) is 5.91 Å². The van der Waals surface area contributed by atoms with Crippen LogP contribution >= 0.6 is 11.6 Å². The van der Waals surface area contributed by atoms with Crippen molar-refractivity contribution in [3.05, 3.63) is 76.8 Å². The minimum absolute atomic E-state index is 0.0409. The summed E-state index contributed by atoms with van der Waals surface area (Å²) < 4.78 is 5.10. The SMILES string of the molecule is COCCN(Cc1ccccc1)C(=O)/C=C/c1ccc(Cl)cc1. The van der Waals surface area contributed by atoms with Gasteiger partial charge < -0.3 is 9.64 Å². The fourth-order valence-electron chi connectivity index (χ4n) is 2.12. The molecule has 2 aromatic carbocycles. The smallest absolute Gasteiger partial charge is 0.246 e. The molecule has 4 heteroatoms. The third-order valence-corrected chi connectivity index (χ3v) is 3.63. The van der Waals surface area contributed by atoms with Crippen LogP contribution in [0.15, 0.2) is 60.7 Å². The number of benzene rings is 2. The zero-order valence-corrected chi connectivity index (χ0v) is 13.9. The molecule has 0 spiro atoms. The van der Waals surface area contributed by atoms with E-state index in [0.29, 0.717) is 24.7 Å². The molecule has 2 rings (SSSR count). The van der Waals surface area contributed by atoms with E-state index < -0.39 is 0 Å². The molecule has 0 aliphatic carbocycles. The van der Waals surface area contributed by atoms with Crippen molar-refractivity contribution in [2.75, 3.05) is 20.3 Å². The summed E-state index contributed by atoms with van der Waals surface area (Å²) in [5, 5.41) is 0.680. The summed E-state index contributed by atoms with van der Waals surface area (Å²) >= 11 is 5.86. The second kappa shape index (κ2) is 9.13. The summed E-state index contributed by atoms with van der Waals surface area (Å²) in [6.45, 7) is 1.62. The monoisotopic (exact) mass is 329 g/mol. The molecule has 120 valence electrons. The molecule has 0 fully saturated rings. The number of hydrogen-bond acceptors (Lipinski definition) is 2. The molecule has 0 saturated carbocycles. The van der Waals surface area contributed by atoms with E-state index in [9.17, 15) is 4.79 Å². The zero-order valence-electron chi connectivity index (χ0n) is 13.1. The molecular formula is C19H20ClNO2. The number of hydrogen-bond donors (Lipinski definition) is 0. The highest BCUT2D eigenvalue weighted by atomic mass is 35.5. The van der Waals surface area contributed by atoms with Gasteiger partial charge in [0.25, 0.3) is 0 Å². The lowest BCUT2D eigenvalue weighted by Crippen LogP contribution is -2.32. The van der Waals surface area contributed by atoms with E-state index in [4.69, 9.17) is 16.3 Å². The topological polar surface area (TPSA) is 29.5 Å². The highest BCUT2D eigenvalue weighted by molar-refractivity contribution is 6.30. The van der Waals surface area contributed by atoms with E-state index >= 15 is 0 Å². The molecule has 0 aromatic heterocycles. The summed E-state index contributed by atoms with van der Waals surface area (Å²) in [5.74, 6) is -0.0409. The van der Waals surface area contributed by atoms with Crippen molar-refractivity contribution in [3.8, 4) is 0 Å². The standard InChI is InChI=1S/C19H20ClNO2/c1-23-14-13-21(15-17-5-3-2-4-6-17)19(22)12-9-16-7-10-18(20)11-8-16/h2-12H,13-15H2,1H3/b12-9+. The van der Waals surface area contributed by atoms with Gasteiger partial charge in [-0.15, -0.1) is 0 Å². The summed E-state index contributed by atoms with van der Waals surface area (Å²) in [7, 11) is 1.63. The van der Waals surface area contributed by atoms with Crippen LogP contribution in [0.4, 0.5) is 0 Å². The Hall–Kier alpha value is -2.10. The van der Waals surface area contributed by atoms with Gasteiger partial charge in [-0.05, 0) is 29.3 Å². The van der Waals surface area contributed by atoms with Crippen molar-refractivity contribution in [3.63, 3.8) is 0 Å². The molecule has 0 aliphatic heterocycles. The third kappa shape index (κ3) is 5.89. The van der Waals surface area contributed by atoms with Crippen LogP contribution in [0.25, 0.3) is 6.08 Å². The maximum absolute atomic E-state index is 12.5. The number of carbonyl (C=O) groups excluding carboxylic acids is 1. The predicted molar refractivity (Wildman–Crippen MR) is 94.2 cm³/mol. The van der Waals surface area contributed by atoms with E-state index in [1.807, 2.05) is 42.5 Å². The van der Waals surface area contributed by atoms with Crippen molar-refractivity contribution < 1.29 is 9.53 Å². The average molecular weight is 330 g/mol. The van der Waals surface area contributed by atoms with Crippen LogP contribution in [0, 0.1) is 0 Å². The lowest BCUT2D eigenvalue weighted by molar-refractivity contribution is -0.127. The van der Waals surface area contributed by atoms with Gasteiger partial charge in [0.2, 0.25) is 5.91 Å². The Labute approximate surface area is 142 Å². The van der Waals surface area contributed by atoms with Crippen molar-refractivity contribution in [2.45, 2.75) is 6.54 Å². The molecule has 0 N–H and O–H groups in total. The van der Waals surface area contributed by atoms with Crippen molar-refractivity contribution in [2.24, 2.45) is 0 Å². The molecule has 0 aliphatic rings. The molecule has 0 unspecified atom stereocenters. The fraction of sp³-hybridized carbons (Fsp3) is 0.211. The summed E-state index contributed by atoms with van der Waals surface area (Å²) in [5.41, 5.74) is 2.03. The Kier molecular flexibility index (Phi) is 6.85. The highest BCUT2D eigenvalue weighted by Gasteiger charge is 2.10. The first kappa shape index (κ1) is 17.3. The van der Waals surface area contributed by atoms with E-state index in [1.54, 1.807) is 36.3 Å². The van der Waals surface area contributed by atoms with Crippen LogP contribution in [-0.2, 0) is 16.1 Å². The molecule has 0 saturated heterocycles. The number of methoxy groups -OCH3 is 1. The molecule has 1 amide bonds. The van der Waals surface area contributed by atoms with Crippen LogP contribution in [-0.4, -0.2) is 31.1 Å². The first-order chi connectivity index (χ1) is 11.2. The number of halogens is 1. The first-order valence-electron chi connectivity index (χ1n) is 7.44. The van der Waals surface area contributed by atoms with Gasteiger partial charge in [-0.1, -0.05) is 54.1 Å². The molecule has 3 nitrogen and oxygen atoms in total. The van der Waals surface area contributed by atoms with Gasteiger partial charge in [0.1, 0.15) is 0 Å². The lowest BCUT2D eigenvalue weighted by Gasteiger charge is -2.21. The number of amides is 1. The molecule has 0 heterocycles. The zero-order chi connectivity index (χ0) is 16.5. The van der Waals surface area contributed by atoms with Crippen molar-refractivity contribution in [1.29, 1.82) is 0 Å². The van der Waals surface area contributed by atoms with Gasteiger partial charge in [0, 0.05) is 31.3 Å². The highest BCUT2D eigenvalue weighted by Crippen LogP contribution is 2.11. The van der Waals surface area contributed by atoms with E-state index in [1.165, 1.54) is 0 Å². The maximum Gasteiger partial charge on any atom is 0.246 e. The van der Waals surface area contributed by atoms with Crippen LogP contribution in [0.5, 0.6) is 0 Å². The Balaban J connectivity index is 2.04. The molecule has 23 heavy (non-hydrogen) atoms. The third-order valence-electron chi connectivity index (χ3n) is 3.38. The molecule has 0 atom stereocenters. The molecule has 0 radical (unpaired) electrons. The lowest BCUT2D eigenvalue weighted by atomic mass is 10.2. The maximum atomic E-state index is 12.5. The van der Waals surface area contributed by atoms with Gasteiger partial charge in [-0.3, -0.25) is 4.79 Å². The van der Waals surface area contributed by atoms with Crippen LogP contribution in [0.2, 0.25) is 5.02 Å². The van der Waals surface area contributed by atoms with Gasteiger partial charge >= 0.3 is 0 Å². The minimum Gasteiger partial charge on any atom is -0.383 e. The van der Waals surface area contributed by atoms with E-state index in [2.05, 4.69) is 0 Å². The quantitative estimate of drug-likeness (QED) is 0.718. The van der Waals surface area contributed by atoms with Crippen molar-refractivity contribution in [1.82, 2.24) is 4.90 Å².